The molecule has 3 heterocycles. The monoisotopic (exact) mass is 503 g/mol. The summed E-state index contributed by atoms with van der Waals surface area (Å²) in [5, 5.41) is 3.87. The number of piperidine rings is 1. The maximum atomic E-state index is 13.6. The second kappa shape index (κ2) is 11.7. The van der Waals surface area contributed by atoms with Gasteiger partial charge in [-0.05, 0) is 73.5 Å². The van der Waals surface area contributed by atoms with Gasteiger partial charge in [-0.1, -0.05) is 42.4 Å². The number of nitrogens with zero attached hydrogens (tertiary/aromatic N) is 4. The molecule has 4 aromatic rings. The molecule has 8 heteroatoms. The van der Waals surface area contributed by atoms with Crippen LogP contribution in [0.5, 0.6) is 0 Å². The third kappa shape index (κ3) is 6.12. The fraction of sp³-hybridized carbons (Fsp3) is 0.321. The quantitative estimate of drug-likeness (QED) is 0.321. The Morgan fingerprint density at radius 3 is 2.64 bits per heavy atom. The van der Waals surface area contributed by atoms with Crippen LogP contribution in [0.1, 0.15) is 40.7 Å². The maximum absolute atomic E-state index is 13.6. The van der Waals surface area contributed by atoms with Gasteiger partial charge in [0.25, 0.3) is 5.91 Å². The van der Waals surface area contributed by atoms with E-state index in [0.29, 0.717) is 24.4 Å². The van der Waals surface area contributed by atoms with Crippen molar-refractivity contribution in [2.75, 3.05) is 26.2 Å². The molecule has 1 aliphatic heterocycles. The largest absolute Gasteiger partial charge is 0.351 e. The van der Waals surface area contributed by atoms with E-state index in [9.17, 15) is 9.18 Å². The number of nitrogens with one attached hydrogen (secondary N) is 1. The summed E-state index contributed by atoms with van der Waals surface area (Å²) in [6.07, 6.45) is 5.58. The first-order chi connectivity index (χ1) is 17.7. The lowest BCUT2D eigenvalue weighted by molar-refractivity contribution is 0.0946. The van der Waals surface area contributed by atoms with Gasteiger partial charge in [0.1, 0.15) is 11.3 Å². The molecule has 5 rings (SSSR count). The van der Waals surface area contributed by atoms with E-state index < -0.39 is 0 Å². The predicted molar refractivity (Wildman–Crippen MR) is 142 cm³/mol. The van der Waals surface area contributed by atoms with Crippen LogP contribution in [0.25, 0.3) is 11.2 Å². The number of amides is 1. The Morgan fingerprint density at radius 2 is 1.83 bits per heavy atom. The third-order valence-electron chi connectivity index (χ3n) is 6.44. The zero-order valence-corrected chi connectivity index (χ0v) is 21.0. The molecule has 0 spiro atoms. The number of rotatable bonds is 9. The minimum atomic E-state index is -0.237. The molecule has 1 fully saturated rings. The van der Waals surface area contributed by atoms with E-state index in [1.54, 1.807) is 30.1 Å². The van der Waals surface area contributed by atoms with Gasteiger partial charge < -0.3 is 10.2 Å². The molecular formula is C28H30FN5OS. The van der Waals surface area contributed by atoms with Gasteiger partial charge in [0.2, 0.25) is 0 Å². The van der Waals surface area contributed by atoms with Gasteiger partial charge in [-0.15, -0.1) is 0 Å². The van der Waals surface area contributed by atoms with Crippen molar-refractivity contribution in [2.45, 2.75) is 36.7 Å². The predicted octanol–water partition coefficient (Wildman–Crippen LogP) is 5.13. The van der Waals surface area contributed by atoms with E-state index in [4.69, 9.17) is 4.98 Å². The van der Waals surface area contributed by atoms with Crippen LogP contribution in [0.3, 0.4) is 0 Å². The molecule has 0 aliphatic carbocycles. The number of aromatic nitrogens is 3. The first-order valence-corrected chi connectivity index (χ1v) is 13.4. The summed E-state index contributed by atoms with van der Waals surface area (Å²) in [4.78, 5) is 24.3. The summed E-state index contributed by atoms with van der Waals surface area (Å²) >= 11 is 1.56. The number of hydrogen-bond acceptors (Lipinski definition) is 5. The van der Waals surface area contributed by atoms with Gasteiger partial charge in [0.05, 0.1) is 6.54 Å². The summed E-state index contributed by atoms with van der Waals surface area (Å²) in [5.74, 6) is 0.330. The fourth-order valence-electron chi connectivity index (χ4n) is 4.52. The van der Waals surface area contributed by atoms with Crippen molar-refractivity contribution in [3.05, 3.63) is 89.4 Å². The van der Waals surface area contributed by atoms with Gasteiger partial charge in [-0.3, -0.25) is 9.36 Å². The molecule has 36 heavy (non-hydrogen) atoms. The Bertz CT molecular complexity index is 1320. The van der Waals surface area contributed by atoms with Gasteiger partial charge >= 0.3 is 0 Å². The molecule has 2 aromatic heterocycles. The van der Waals surface area contributed by atoms with Crippen molar-refractivity contribution >= 4 is 28.8 Å². The van der Waals surface area contributed by atoms with Crippen LogP contribution < -0.4 is 5.32 Å². The lowest BCUT2D eigenvalue weighted by atomic mass is 10.1. The minimum Gasteiger partial charge on any atom is -0.351 e. The molecule has 0 radical (unpaired) electrons. The van der Waals surface area contributed by atoms with Gasteiger partial charge in [-0.25, -0.2) is 14.4 Å². The highest BCUT2D eigenvalue weighted by atomic mass is 32.2. The second-order valence-corrected chi connectivity index (χ2v) is 10.0. The minimum absolute atomic E-state index is 0.0420. The fourth-order valence-corrected chi connectivity index (χ4v) is 5.47. The Balaban J connectivity index is 1.24. The summed E-state index contributed by atoms with van der Waals surface area (Å²) in [6.45, 7) is 4.41. The molecule has 1 aliphatic rings. The van der Waals surface area contributed by atoms with Crippen molar-refractivity contribution in [3.8, 4) is 0 Å². The Kier molecular flexibility index (Phi) is 7.93. The second-order valence-electron chi connectivity index (χ2n) is 9.10. The van der Waals surface area contributed by atoms with Crippen molar-refractivity contribution in [3.63, 3.8) is 0 Å². The average Bonchev–Trinajstić information content (AvgIpc) is 3.25. The molecule has 6 nitrogen and oxygen atoms in total. The van der Waals surface area contributed by atoms with Crippen molar-refractivity contribution in [2.24, 2.45) is 0 Å². The molecule has 0 saturated carbocycles. The van der Waals surface area contributed by atoms with Crippen LogP contribution in [0, 0.1) is 5.82 Å². The molecule has 1 N–H and O–H groups in total. The zero-order valence-electron chi connectivity index (χ0n) is 20.2. The summed E-state index contributed by atoms with van der Waals surface area (Å²) in [7, 11) is 0. The summed E-state index contributed by atoms with van der Waals surface area (Å²) < 4.78 is 15.7. The van der Waals surface area contributed by atoms with E-state index in [2.05, 4.69) is 19.8 Å². The first-order valence-electron chi connectivity index (χ1n) is 12.4. The van der Waals surface area contributed by atoms with Crippen LogP contribution in [-0.4, -0.2) is 51.5 Å². The molecule has 186 valence electrons. The van der Waals surface area contributed by atoms with Crippen LogP contribution in [0.4, 0.5) is 4.39 Å². The molecule has 2 aromatic carbocycles. The van der Waals surface area contributed by atoms with E-state index in [1.807, 2.05) is 42.5 Å². The standard InChI is InChI=1S/C28H30FN5OS/c29-24-7-4-6-22(18-24)20-36-28-32-25-8-5-13-30-26(25)34(28)19-21-9-11-23(12-10-21)27(35)31-14-17-33-15-2-1-3-16-33/h4-13,18H,1-3,14-17,19-20H2,(H,31,35). The normalized spacial score (nSPS) is 14.2. The highest BCUT2D eigenvalue weighted by molar-refractivity contribution is 7.98. The Hall–Kier alpha value is -3.23. The van der Waals surface area contributed by atoms with Crippen molar-refractivity contribution < 1.29 is 9.18 Å². The van der Waals surface area contributed by atoms with Gasteiger partial charge in [-0.2, -0.15) is 0 Å². The Morgan fingerprint density at radius 1 is 1.00 bits per heavy atom. The molecule has 0 unspecified atom stereocenters. The number of imidazole rings is 1. The average molecular weight is 504 g/mol. The molecule has 1 amide bonds. The number of carbonyl (C=O) groups excluding carboxylic acids is 1. The van der Waals surface area contributed by atoms with Crippen LogP contribution in [0.2, 0.25) is 0 Å². The number of halogens is 1. The lowest BCUT2D eigenvalue weighted by Gasteiger charge is -2.26. The number of likely N-dealkylation sites (tertiary alicyclic amines) is 1. The number of fused-ring (bicyclic) bond motifs is 1. The highest BCUT2D eigenvalue weighted by Crippen LogP contribution is 2.27. The van der Waals surface area contributed by atoms with Gasteiger partial charge in [0.15, 0.2) is 10.8 Å². The lowest BCUT2D eigenvalue weighted by Crippen LogP contribution is -2.37. The number of pyridine rings is 1. The van der Waals surface area contributed by atoms with E-state index in [1.165, 1.54) is 25.3 Å². The Labute approximate surface area is 214 Å². The van der Waals surface area contributed by atoms with E-state index in [0.717, 1.165) is 47.1 Å². The molecule has 0 bridgehead atoms. The number of benzene rings is 2. The SMILES string of the molecule is O=C(NCCN1CCCCC1)c1ccc(Cn2c(SCc3cccc(F)c3)nc3cccnc32)cc1. The first kappa shape index (κ1) is 24.5. The summed E-state index contributed by atoms with van der Waals surface area (Å²) in [5.41, 5.74) is 4.24. The molecule has 1 saturated heterocycles. The highest BCUT2D eigenvalue weighted by Gasteiger charge is 2.14. The summed E-state index contributed by atoms with van der Waals surface area (Å²) in [6, 6.07) is 18.2. The maximum Gasteiger partial charge on any atom is 0.251 e. The van der Waals surface area contributed by atoms with E-state index >= 15 is 0 Å². The molecular weight excluding hydrogens is 473 g/mol. The number of carbonyl (C=O) groups is 1. The number of thioether (sulfide) groups is 1. The zero-order chi connectivity index (χ0) is 24.7. The topological polar surface area (TPSA) is 63.1 Å². The van der Waals surface area contributed by atoms with Gasteiger partial charge in [0, 0.05) is 30.6 Å². The van der Waals surface area contributed by atoms with Crippen molar-refractivity contribution in [1.82, 2.24) is 24.8 Å². The van der Waals surface area contributed by atoms with Crippen LogP contribution in [-0.2, 0) is 12.3 Å². The van der Waals surface area contributed by atoms with E-state index in [-0.39, 0.29) is 11.7 Å². The van der Waals surface area contributed by atoms with Crippen LogP contribution in [0.15, 0.2) is 72.0 Å². The molecule has 0 atom stereocenters. The third-order valence-corrected chi connectivity index (χ3v) is 7.49. The number of hydrogen-bond donors (Lipinski definition) is 1. The smallest absolute Gasteiger partial charge is 0.251 e. The van der Waals surface area contributed by atoms with Crippen LogP contribution >= 0.6 is 11.8 Å². The van der Waals surface area contributed by atoms with Crippen molar-refractivity contribution in [1.29, 1.82) is 0 Å².